The van der Waals surface area contributed by atoms with Crippen LogP contribution < -0.4 is 5.76 Å². The van der Waals surface area contributed by atoms with Gasteiger partial charge in [0.2, 0.25) is 0 Å². The van der Waals surface area contributed by atoms with E-state index in [9.17, 15) is 4.79 Å². The SMILES string of the molecule is O=c1oc2ccc(Cl)cc2n1CN1CCOC2CCCC21. The molecule has 4 rings (SSSR count). The normalized spacial score (nSPS) is 26.3. The van der Waals surface area contributed by atoms with E-state index in [4.69, 9.17) is 20.8 Å². The molecular weight excluding hydrogens is 292 g/mol. The Labute approximate surface area is 127 Å². The number of hydrogen-bond acceptors (Lipinski definition) is 4. The zero-order valence-corrected chi connectivity index (χ0v) is 12.4. The van der Waals surface area contributed by atoms with Crippen molar-refractivity contribution in [3.05, 3.63) is 33.8 Å². The number of nitrogens with zero attached hydrogens (tertiary/aromatic N) is 2. The van der Waals surface area contributed by atoms with E-state index < -0.39 is 0 Å². The third-order valence-corrected chi connectivity index (χ3v) is 4.78. The molecule has 2 heterocycles. The largest absolute Gasteiger partial charge is 0.421 e. The summed E-state index contributed by atoms with van der Waals surface area (Å²) in [5.41, 5.74) is 1.34. The summed E-state index contributed by atoms with van der Waals surface area (Å²) in [5, 5.41) is 0.609. The van der Waals surface area contributed by atoms with Crippen molar-refractivity contribution >= 4 is 22.7 Å². The van der Waals surface area contributed by atoms with Crippen LogP contribution in [0.3, 0.4) is 0 Å². The highest BCUT2D eigenvalue weighted by molar-refractivity contribution is 6.31. The average Bonchev–Trinajstić information content (AvgIpc) is 3.05. The van der Waals surface area contributed by atoms with Gasteiger partial charge in [0.25, 0.3) is 0 Å². The number of benzene rings is 1. The predicted octanol–water partition coefficient (Wildman–Crippen LogP) is 2.46. The minimum atomic E-state index is -0.326. The molecule has 0 spiro atoms. The fourth-order valence-electron chi connectivity index (χ4n) is 3.53. The van der Waals surface area contributed by atoms with E-state index >= 15 is 0 Å². The second-order valence-corrected chi connectivity index (χ2v) is 6.21. The van der Waals surface area contributed by atoms with E-state index in [1.165, 1.54) is 6.42 Å². The van der Waals surface area contributed by atoms with Crippen molar-refractivity contribution < 1.29 is 9.15 Å². The maximum Gasteiger partial charge on any atom is 0.421 e. The Balaban J connectivity index is 1.69. The van der Waals surface area contributed by atoms with Gasteiger partial charge in [-0.05, 0) is 37.5 Å². The Hall–Kier alpha value is -1.30. The van der Waals surface area contributed by atoms with Gasteiger partial charge < -0.3 is 9.15 Å². The molecule has 2 aliphatic rings. The van der Waals surface area contributed by atoms with Gasteiger partial charge in [0, 0.05) is 17.6 Å². The van der Waals surface area contributed by atoms with Crippen LogP contribution in [-0.4, -0.2) is 34.8 Å². The third-order valence-electron chi connectivity index (χ3n) is 4.55. The van der Waals surface area contributed by atoms with Gasteiger partial charge in [-0.3, -0.25) is 9.47 Å². The summed E-state index contributed by atoms with van der Waals surface area (Å²) in [7, 11) is 0. The molecule has 0 radical (unpaired) electrons. The van der Waals surface area contributed by atoms with Crippen LogP contribution in [0.1, 0.15) is 19.3 Å². The summed E-state index contributed by atoms with van der Waals surface area (Å²) < 4.78 is 12.8. The minimum absolute atomic E-state index is 0.316. The van der Waals surface area contributed by atoms with Crippen molar-refractivity contribution in [3.8, 4) is 0 Å². The topological polar surface area (TPSA) is 47.6 Å². The highest BCUT2D eigenvalue weighted by atomic mass is 35.5. The number of halogens is 1. The van der Waals surface area contributed by atoms with E-state index in [0.717, 1.165) is 31.5 Å². The first-order valence-corrected chi connectivity index (χ1v) is 7.75. The van der Waals surface area contributed by atoms with E-state index in [1.54, 1.807) is 22.8 Å². The Morgan fingerprint density at radius 2 is 2.24 bits per heavy atom. The molecule has 1 aromatic heterocycles. The van der Waals surface area contributed by atoms with Crippen molar-refractivity contribution in [1.29, 1.82) is 0 Å². The van der Waals surface area contributed by atoms with Gasteiger partial charge >= 0.3 is 5.76 Å². The first-order valence-electron chi connectivity index (χ1n) is 7.37. The van der Waals surface area contributed by atoms with Gasteiger partial charge in [0.05, 0.1) is 24.9 Å². The Morgan fingerprint density at radius 3 is 3.14 bits per heavy atom. The molecule has 0 bridgehead atoms. The zero-order chi connectivity index (χ0) is 14.4. The summed E-state index contributed by atoms with van der Waals surface area (Å²) in [4.78, 5) is 14.4. The highest BCUT2D eigenvalue weighted by Crippen LogP contribution is 2.30. The third kappa shape index (κ3) is 2.29. The van der Waals surface area contributed by atoms with Crippen LogP contribution >= 0.6 is 11.6 Å². The summed E-state index contributed by atoms with van der Waals surface area (Å²) >= 11 is 6.04. The Bertz CT molecular complexity index is 723. The van der Waals surface area contributed by atoms with Crippen LogP contribution in [0.2, 0.25) is 5.02 Å². The minimum Gasteiger partial charge on any atom is -0.408 e. The van der Waals surface area contributed by atoms with Gasteiger partial charge in [0.1, 0.15) is 0 Å². The fraction of sp³-hybridized carbons (Fsp3) is 0.533. The summed E-state index contributed by atoms with van der Waals surface area (Å²) in [6.45, 7) is 2.12. The zero-order valence-electron chi connectivity index (χ0n) is 11.6. The Kier molecular flexibility index (Phi) is 3.28. The summed E-state index contributed by atoms with van der Waals surface area (Å²) in [6.07, 6.45) is 3.76. The lowest BCUT2D eigenvalue weighted by Crippen LogP contribution is -2.49. The Morgan fingerprint density at radius 1 is 1.33 bits per heavy atom. The number of aromatic nitrogens is 1. The average molecular weight is 309 g/mol. The molecule has 6 heteroatoms. The van der Waals surface area contributed by atoms with Crippen LogP contribution in [0, 0.1) is 0 Å². The number of ether oxygens (including phenoxy) is 1. The molecule has 5 nitrogen and oxygen atoms in total. The summed E-state index contributed by atoms with van der Waals surface area (Å²) in [5.74, 6) is -0.326. The van der Waals surface area contributed by atoms with Crippen molar-refractivity contribution in [2.24, 2.45) is 0 Å². The lowest BCUT2D eigenvalue weighted by atomic mass is 10.1. The van der Waals surface area contributed by atoms with Crippen LogP contribution in [0.4, 0.5) is 0 Å². The molecule has 1 aromatic carbocycles. The molecule has 0 N–H and O–H groups in total. The number of fused-ring (bicyclic) bond motifs is 2. The maximum atomic E-state index is 12.1. The second kappa shape index (κ2) is 5.16. The number of hydrogen-bond donors (Lipinski definition) is 0. The van der Waals surface area contributed by atoms with Crippen LogP contribution in [0.25, 0.3) is 11.1 Å². The van der Waals surface area contributed by atoms with E-state index in [1.807, 2.05) is 0 Å². The van der Waals surface area contributed by atoms with E-state index in [0.29, 0.717) is 29.4 Å². The standard InChI is InChI=1S/C15H17ClN2O3/c16-10-4-5-14-12(8-10)18(15(19)21-14)9-17-6-7-20-13-3-1-2-11(13)17/h4-5,8,11,13H,1-3,6-7,9H2. The van der Waals surface area contributed by atoms with Crippen LogP contribution in [0.15, 0.2) is 27.4 Å². The van der Waals surface area contributed by atoms with Crippen molar-refractivity contribution in [2.75, 3.05) is 13.2 Å². The highest BCUT2D eigenvalue weighted by Gasteiger charge is 2.36. The molecule has 2 atom stereocenters. The monoisotopic (exact) mass is 308 g/mol. The lowest BCUT2D eigenvalue weighted by molar-refractivity contribution is -0.0669. The first kappa shape index (κ1) is 13.4. The van der Waals surface area contributed by atoms with Crippen molar-refractivity contribution in [3.63, 3.8) is 0 Å². The van der Waals surface area contributed by atoms with Crippen LogP contribution in [0.5, 0.6) is 0 Å². The quantitative estimate of drug-likeness (QED) is 0.855. The molecule has 21 heavy (non-hydrogen) atoms. The maximum absolute atomic E-state index is 12.1. The molecule has 0 amide bonds. The van der Waals surface area contributed by atoms with E-state index in [2.05, 4.69) is 4.90 Å². The predicted molar refractivity (Wildman–Crippen MR) is 79.6 cm³/mol. The van der Waals surface area contributed by atoms with Gasteiger partial charge in [-0.2, -0.15) is 0 Å². The molecular formula is C15H17ClN2O3. The molecule has 2 aromatic rings. The van der Waals surface area contributed by atoms with Crippen molar-refractivity contribution in [2.45, 2.75) is 38.1 Å². The number of morpholine rings is 1. The van der Waals surface area contributed by atoms with Crippen molar-refractivity contribution in [1.82, 2.24) is 9.47 Å². The molecule has 2 fully saturated rings. The molecule has 1 aliphatic carbocycles. The fourth-order valence-corrected chi connectivity index (χ4v) is 3.70. The number of rotatable bonds is 2. The lowest BCUT2D eigenvalue weighted by Gasteiger charge is -2.37. The molecule has 1 saturated heterocycles. The van der Waals surface area contributed by atoms with E-state index in [-0.39, 0.29) is 5.76 Å². The molecule has 1 saturated carbocycles. The molecule has 2 unspecified atom stereocenters. The number of oxazole rings is 1. The van der Waals surface area contributed by atoms with Gasteiger partial charge in [0.15, 0.2) is 5.58 Å². The van der Waals surface area contributed by atoms with Gasteiger partial charge in [-0.25, -0.2) is 4.79 Å². The molecule has 1 aliphatic heterocycles. The van der Waals surface area contributed by atoms with Gasteiger partial charge in [-0.15, -0.1) is 0 Å². The van der Waals surface area contributed by atoms with Gasteiger partial charge in [-0.1, -0.05) is 11.6 Å². The van der Waals surface area contributed by atoms with Crippen LogP contribution in [-0.2, 0) is 11.4 Å². The summed E-state index contributed by atoms with van der Waals surface area (Å²) in [6, 6.07) is 5.68. The molecule has 112 valence electrons. The first-order chi connectivity index (χ1) is 10.2. The second-order valence-electron chi connectivity index (χ2n) is 5.77. The smallest absolute Gasteiger partial charge is 0.408 e.